The summed E-state index contributed by atoms with van der Waals surface area (Å²) in [5, 5.41) is 8.58. The molecule has 0 fully saturated rings. The highest BCUT2D eigenvalue weighted by atomic mass is 16.5. The van der Waals surface area contributed by atoms with Crippen molar-refractivity contribution in [3.8, 4) is 11.1 Å². The standard InChI is InChI=1S/C22H18N2O4/c1-27-21(25)16-10-8-15(9-11-16)19-13-12-17(22(26)28-2)14-20(19)24-23-18-6-4-3-5-7-18/h3-14H,1-2H3. The van der Waals surface area contributed by atoms with Gasteiger partial charge in [-0.1, -0.05) is 36.4 Å². The molecule has 6 nitrogen and oxygen atoms in total. The van der Waals surface area contributed by atoms with Crippen LogP contribution in [-0.2, 0) is 9.47 Å². The first-order valence-corrected chi connectivity index (χ1v) is 8.50. The highest BCUT2D eigenvalue weighted by Crippen LogP contribution is 2.33. The highest BCUT2D eigenvalue weighted by molar-refractivity contribution is 5.93. The predicted octanol–water partition coefficient (Wildman–Crippen LogP) is 5.34. The summed E-state index contributed by atoms with van der Waals surface area (Å²) in [6, 6.07) is 21.3. The van der Waals surface area contributed by atoms with Crippen molar-refractivity contribution in [2.45, 2.75) is 0 Å². The van der Waals surface area contributed by atoms with Crippen molar-refractivity contribution in [2.24, 2.45) is 10.2 Å². The minimum atomic E-state index is -0.455. The average molecular weight is 374 g/mol. The fraction of sp³-hybridized carbons (Fsp3) is 0.0909. The number of hydrogen-bond acceptors (Lipinski definition) is 6. The number of azo groups is 1. The number of hydrogen-bond donors (Lipinski definition) is 0. The van der Waals surface area contributed by atoms with Crippen LogP contribution < -0.4 is 0 Å². The Kier molecular flexibility index (Phi) is 5.91. The lowest BCUT2D eigenvalue weighted by atomic mass is 10.0. The van der Waals surface area contributed by atoms with Gasteiger partial charge in [0, 0.05) is 5.56 Å². The molecule has 0 aliphatic carbocycles. The van der Waals surface area contributed by atoms with E-state index in [-0.39, 0.29) is 0 Å². The number of carbonyl (C=O) groups excluding carboxylic acids is 2. The molecule has 28 heavy (non-hydrogen) atoms. The molecule has 3 rings (SSSR count). The molecule has 0 spiro atoms. The van der Waals surface area contributed by atoms with Gasteiger partial charge in [-0.15, -0.1) is 5.11 Å². The number of nitrogens with zero attached hydrogens (tertiary/aromatic N) is 2. The van der Waals surface area contributed by atoms with Gasteiger partial charge in [0.2, 0.25) is 0 Å². The molecule has 0 aliphatic heterocycles. The Hall–Kier alpha value is -3.80. The van der Waals surface area contributed by atoms with Crippen LogP contribution >= 0.6 is 0 Å². The third-order valence-corrected chi connectivity index (χ3v) is 4.07. The van der Waals surface area contributed by atoms with Crippen LogP contribution in [0.1, 0.15) is 20.7 Å². The molecule has 6 heteroatoms. The van der Waals surface area contributed by atoms with E-state index in [9.17, 15) is 9.59 Å². The van der Waals surface area contributed by atoms with Gasteiger partial charge in [0.05, 0.1) is 36.7 Å². The van der Waals surface area contributed by atoms with Crippen LogP contribution in [0.3, 0.4) is 0 Å². The summed E-state index contributed by atoms with van der Waals surface area (Å²) in [5.74, 6) is -0.861. The average Bonchev–Trinajstić information content (AvgIpc) is 2.77. The Labute approximate surface area is 162 Å². The molecule has 3 aromatic carbocycles. The van der Waals surface area contributed by atoms with Gasteiger partial charge in [0.25, 0.3) is 0 Å². The zero-order chi connectivity index (χ0) is 19.9. The molecule has 0 saturated heterocycles. The fourth-order valence-electron chi connectivity index (χ4n) is 2.61. The summed E-state index contributed by atoms with van der Waals surface area (Å²) in [5.41, 5.74) is 3.62. The van der Waals surface area contributed by atoms with Crippen molar-refractivity contribution in [3.63, 3.8) is 0 Å². The van der Waals surface area contributed by atoms with E-state index < -0.39 is 11.9 Å². The molecule has 0 radical (unpaired) electrons. The number of rotatable bonds is 5. The van der Waals surface area contributed by atoms with Crippen LogP contribution in [0.25, 0.3) is 11.1 Å². The number of ether oxygens (including phenoxy) is 2. The Morgan fingerprint density at radius 1 is 0.714 bits per heavy atom. The molecule has 0 saturated carbocycles. The Morgan fingerprint density at radius 2 is 1.32 bits per heavy atom. The number of carbonyl (C=O) groups is 2. The maximum atomic E-state index is 11.9. The zero-order valence-corrected chi connectivity index (χ0v) is 15.5. The van der Waals surface area contributed by atoms with Crippen molar-refractivity contribution in [1.29, 1.82) is 0 Å². The van der Waals surface area contributed by atoms with Crippen LogP contribution in [-0.4, -0.2) is 26.2 Å². The first kappa shape index (κ1) is 19.0. The Bertz CT molecular complexity index is 1010. The second kappa shape index (κ2) is 8.73. The van der Waals surface area contributed by atoms with Gasteiger partial charge in [-0.25, -0.2) is 9.59 Å². The molecular weight excluding hydrogens is 356 g/mol. The van der Waals surface area contributed by atoms with Crippen LogP contribution in [0.5, 0.6) is 0 Å². The van der Waals surface area contributed by atoms with Gasteiger partial charge in [0.1, 0.15) is 0 Å². The van der Waals surface area contributed by atoms with E-state index >= 15 is 0 Å². The second-order valence-electron chi connectivity index (χ2n) is 5.83. The summed E-state index contributed by atoms with van der Waals surface area (Å²) >= 11 is 0. The molecule has 140 valence electrons. The van der Waals surface area contributed by atoms with Crippen LogP contribution in [0, 0.1) is 0 Å². The molecule has 3 aromatic rings. The van der Waals surface area contributed by atoms with E-state index in [1.165, 1.54) is 14.2 Å². The summed E-state index contributed by atoms with van der Waals surface area (Å²) in [7, 11) is 2.66. The summed E-state index contributed by atoms with van der Waals surface area (Å²) < 4.78 is 9.52. The Balaban J connectivity index is 2.03. The van der Waals surface area contributed by atoms with Crippen LogP contribution in [0.4, 0.5) is 11.4 Å². The normalized spacial score (nSPS) is 10.6. The third kappa shape index (κ3) is 4.29. The van der Waals surface area contributed by atoms with Crippen molar-refractivity contribution in [1.82, 2.24) is 0 Å². The fourth-order valence-corrected chi connectivity index (χ4v) is 2.61. The predicted molar refractivity (Wildman–Crippen MR) is 105 cm³/mol. The van der Waals surface area contributed by atoms with E-state index in [2.05, 4.69) is 10.2 Å². The lowest BCUT2D eigenvalue weighted by molar-refractivity contribution is 0.0592. The van der Waals surface area contributed by atoms with Crippen molar-refractivity contribution in [3.05, 3.63) is 83.9 Å². The molecule has 0 aromatic heterocycles. The van der Waals surface area contributed by atoms with Crippen molar-refractivity contribution >= 4 is 23.3 Å². The molecular formula is C22H18N2O4. The maximum absolute atomic E-state index is 11.9. The van der Waals surface area contributed by atoms with E-state index in [0.29, 0.717) is 22.5 Å². The number of methoxy groups -OCH3 is 2. The third-order valence-electron chi connectivity index (χ3n) is 4.07. The first-order valence-electron chi connectivity index (χ1n) is 8.50. The lowest BCUT2D eigenvalue weighted by Crippen LogP contribution is -2.01. The maximum Gasteiger partial charge on any atom is 0.337 e. The smallest absolute Gasteiger partial charge is 0.337 e. The molecule has 0 atom stereocenters. The Morgan fingerprint density at radius 3 is 1.96 bits per heavy atom. The van der Waals surface area contributed by atoms with Crippen LogP contribution in [0.2, 0.25) is 0 Å². The summed E-state index contributed by atoms with van der Waals surface area (Å²) in [6.45, 7) is 0. The largest absolute Gasteiger partial charge is 0.465 e. The second-order valence-corrected chi connectivity index (χ2v) is 5.83. The quantitative estimate of drug-likeness (QED) is 0.446. The van der Waals surface area contributed by atoms with E-state index in [4.69, 9.17) is 9.47 Å². The highest BCUT2D eigenvalue weighted by Gasteiger charge is 2.12. The van der Waals surface area contributed by atoms with Crippen molar-refractivity contribution < 1.29 is 19.1 Å². The molecule has 0 bridgehead atoms. The van der Waals surface area contributed by atoms with Gasteiger partial charge in [-0.2, -0.15) is 5.11 Å². The van der Waals surface area contributed by atoms with Gasteiger partial charge in [-0.3, -0.25) is 0 Å². The molecule has 0 aliphatic rings. The zero-order valence-electron chi connectivity index (χ0n) is 15.5. The van der Waals surface area contributed by atoms with Gasteiger partial charge in [-0.05, 0) is 42.0 Å². The summed E-state index contributed by atoms with van der Waals surface area (Å²) in [6.07, 6.45) is 0. The molecule has 0 amide bonds. The summed E-state index contributed by atoms with van der Waals surface area (Å²) in [4.78, 5) is 23.5. The first-order chi connectivity index (χ1) is 13.6. The van der Waals surface area contributed by atoms with E-state index in [1.807, 2.05) is 30.3 Å². The lowest BCUT2D eigenvalue weighted by Gasteiger charge is -2.08. The van der Waals surface area contributed by atoms with E-state index in [1.54, 1.807) is 42.5 Å². The van der Waals surface area contributed by atoms with Gasteiger partial charge in [0.15, 0.2) is 0 Å². The topological polar surface area (TPSA) is 77.3 Å². The SMILES string of the molecule is COC(=O)c1ccc(-c2ccc(C(=O)OC)cc2N=Nc2ccccc2)cc1. The molecule has 0 N–H and O–H groups in total. The monoisotopic (exact) mass is 374 g/mol. The molecule has 0 heterocycles. The van der Waals surface area contributed by atoms with Gasteiger partial charge >= 0.3 is 11.9 Å². The minimum Gasteiger partial charge on any atom is -0.465 e. The van der Waals surface area contributed by atoms with Crippen LogP contribution in [0.15, 0.2) is 83.0 Å². The van der Waals surface area contributed by atoms with E-state index in [0.717, 1.165) is 11.1 Å². The minimum absolute atomic E-state index is 0.374. The number of benzene rings is 3. The molecule has 0 unspecified atom stereocenters. The van der Waals surface area contributed by atoms with Gasteiger partial charge < -0.3 is 9.47 Å². The van der Waals surface area contributed by atoms with Crippen molar-refractivity contribution in [2.75, 3.05) is 14.2 Å². The number of esters is 2.